The molecule has 1 aliphatic rings. The first-order chi connectivity index (χ1) is 9.40. The van der Waals surface area contributed by atoms with Crippen molar-refractivity contribution in [2.75, 3.05) is 12.3 Å². The molecule has 1 unspecified atom stereocenters. The first-order valence-corrected chi connectivity index (χ1v) is 6.49. The number of aliphatic carboxylic acids is 1. The minimum Gasteiger partial charge on any atom is -0.481 e. The number of carboxylic acid groups (broad SMARTS) is 1. The van der Waals surface area contributed by atoms with Crippen LogP contribution < -0.4 is 5.73 Å². The van der Waals surface area contributed by atoms with Gasteiger partial charge in [0.15, 0.2) is 0 Å². The van der Waals surface area contributed by atoms with E-state index in [0.717, 1.165) is 6.07 Å². The van der Waals surface area contributed by atoms with Gasteiger partial charge < -0.3 is 15.7 Å². The fourth-order valence-electron chi connectivity index (χ4n) is 2.47. The summed E-state index contributed by atoms with van der Waals surface area (Å²) < 4.78 is 13.0. The quantitative estimate of drug-likeness (QED) is 0.808. The van der Waals surface area contributed by atoms with Gasteiger partial charge >= 0.3 is 5.97 Å². The number of halogens is 1. The summed E-state index contributed by atoms with van der Waals surface area (Å²) in [6.07, 6.45) is 1.18. The molecule has 2 atom stereocenters. The van der Waals surface area contributed by atoms with Crippen molar-refractivity contribution in [1.29, 1.82) is 0 Å². The van der Waals surface area contributed by atoms with E-state index in [1.165, 1.54) is 17.0 Å². The van der Waals surface area contributed by atoms with E-state index >= 15 is 0 Å². The lowest BCUT2D eigenvalue weighted by molar-refractivity contribution is -0.143. The summed E-state index contributed by atoms with van der Waals surface area (Å²) in [6.45, 7) is 2.03. The molecule has 1 fully saturated rings. The van der Waals surface area contributed by atoms with Crippen molar-refractivity contribution in [1.82, 2.24) is 4.90 Å². The molecule has 1 aromatic rings. The van der Waals surface area contributed by atoms with Gasteiger partial charge in [-0.25, -0.2) is 4.39 Å². The highest BCUT2D eigenvalue weighted by Gasteiger charge is 2.33. The van der Waals surface area contributed by atoms with Gasteiger partial charge in [0.1, 0.15) is 5.82 Å². The molecule has 2 rings (SSSR count). The number of nitrogens with zero attached hydrogens (tertiary/aromatic N) is 1. The molecule has 3 N–H and O–H groups in total. The molecule has 1 amide bonds. The Balaban J connectivity index is 2.24. The van der Waals surface area contributed by atoms with Crippen LogP contribution in [0, 0.1) is 11.7 Å². The van der Waals surface area contributed by atoms with Crippen LogP contribution in [0.4, 0.5) is 10.1 Å². The Morgan fingerprint density at radius 2 is 2.10 bits per heavy atom. The number of nitrogens with two attached hydrogens (primary N) is 1. The summed E-state index contributed by atoms with van der Waals surface area (Å²) in [5.74, 6) is -2.31. The molecule has 0 radical (unpaired) electrons. The molecule has 0 saturated carbocycles. The maximum Gasteiger partial charge on any atom is 0.308 e. The van der Waals surface area contributed by atoms with E-state index in [2.05, 4.69) is 0 Å². The van der Waals surface area contributed by atoms with Crippen LogP contribution in [0.5, 0.6) is 0 Å². The summed E-state index contributed by atoms with van der Waals surface area (Å²) in [6, 6.07) is 3.55. The molecule has 0 aromatic heterocycles. The first-order valence-electron chi connectivity index (χ1n) is 6.49. The zero-order valence-electron chi connectivity index (χ0n) is 11.2. The van der Waals surface area contributed by atoms with Crippen molar-refractivity contribution in [3.63, 3.8) is 0 Å². The maximum atomic E-state index is 13.0. The third-order valence-electron chi connectivity index (χ3n) is 3.74. The topological polar surface area (TPSA) is 83.6 Å². The molecule has 20 heavy (non-hydrogen) atoms. The van der Waals surface area contributed by atoms with Crippen molar-refractivity contribution in [2.24, 2.45) is 5.92 Å². The molecule has 1 heterocycles. The summed E-state index contributed by atoms with van der Waals surface area (Å²) in [4.78, 5) is 25.0. The van der Waals surface area contributed by atoms with Crippen LogP contribution in [0.15, 0.2) is 18.2 Å². The Kier molecular flexibility index (Phi) is 3.92. The zero-order valence-corrected chi connectivity index (χ0v) is 11.2. The van der Waals surface area contributed by atoms with Crippen LogP contribution >= 0.6 is 0 Å². The van der Waals surface area contributed by atoms with Crippen LogP contribution in [0.1, 0.15) is 30.1 Å². The normalized spacial score (nSPS) is 22.6. The molecule has 108 valence electrons. The Morgan fingerprint density at radius 1 is 1.40 bits per heavy atom. The second-order valence-corrected chi connectivity index (χ2v) is 5.15. The molecule has 6 heteroatoms. The standard InChI is InChI=1S/C14H17FN2O3/c1-8-2-3-9(14(19)20)7-17(8)13(18)11-5-4-10(15)6-12(11)16/h4-6,8-9H,2-3,7,16H2,1H3,(H,19,20)/t8-,9?/m1/s1. The van der Waals surface area contributed by atoms with E-state index in [1.54, 1.807) is 0 Å². The molecular formula is C14H17FN2O3. The Labute approximate surface area is 116 Å². The summed E-state index contributed by atoms with van der Waals surface area (Å²) >= 11 is 0. The number of carbonyl (C=O) groups excluding carboxylic acids is 1. The molecule has 1 saturated heterocycles. The van der Waals surface area contributed by atoms with Gasteiger partial charge in [0.25, 0.3) is 5.91 Å². The highest BCUT2D eigenvalue weighted by molar-refractivity contribution is 5.99. The maximum absolute atomic E-state index is 13.0. The number of hydrogen-bond donors (Lipinski definition) is 2. The number of anilines is 1. The Hall–Kier alpha value is -2.11. The smallest absolute Gasteiger partial charge is 0.308 e. The fraction of sp³-hybridized carbons (Fsp3) is 0.429. The number of benzene rings is 1. The number of carbonyl (C=O) groups is 2. The van der Waals surface area contributed by atoms with E-state index in [4.69, 9.17) is 10.8 Å². The number of piperidine rings is 1. The molecule has 1 aliphatic heterocycles. The highest BCUT2D eigenvalue weighted by Crippen LogP contribution is 2.25. The van der Waals surface area contributed by atoms with Gasteiger partial charge in [-0.15, -0.1) is 0 Å². The molecule has 0 bridgehead atoms. The van der Waals surface area contributed by atoms with Gasteiger partial charge in [0.2, 0.25) is 0 Å². The molecule has 0 aliphatic carbocycles. The van der Waals surface area contributed by atoms with Crippen LogP contribution in [-0.4, -0.2) is 34.5 Å². The fourth-order valence-corrected chi connectivity index (χ4v) is 2.47. The predicted octanol–water partition coefficient (Wildman–Crippen LogP) is 1.73. The van der Waals surface area contributed by atoms with E-state index < -0.39 is 17.7 Å². The minimum absolute atomic E-state index is 0.0532. The second kappa shape index (κ2) is 5.48. The second-order valence-electron chi connectivity index (χ2n) is 5.15. The SMILES string of the molecule is C[C@@H]1CCC(C(=O)O)CN1C(=O)c1ccc(F)cc1N. The summed E-state index contributed by atoms with van der Waals surface area (Å²) in [5, 5.41) is 9.07. The van der Waals surface area contributed by atoms with Crippen LogP contribution in [0.2, 0.25) is 0 Å². The number of rotatable bonds is 2. The number of amides is 1. The van der Waals surface area contributed by atoms with Crippen molar-refractivity contribution >= 4 is 17.6 Å². The largest absolute Gasteiger partial charge is 0.481 e. The lowest BCUT2D eigenvalue weighted by Crippen LogP contribution is -2.47. The lowest BCUT2D eigenvalue weighted by atomic mass is 9.93. The minimum atomic E-state index is -0.901. The van der Waals surface area contributed by atoms with E-state index in [0.29, 0.717) is 12.8 Å². The monoisotopic (exact) mass is 280 g/mol. The van der Waals surface area contributed by atoms with E-state index in [-0.39, 0.29) is 29.7 Å². The number of nitrogen functional groups attached to an aromatic ring is 1. The first kappa shape index (κ1) is 14.3. The van der Waals surface area contributed by atoms with Crippen molar-refractivity contribution < 1.29 is 19.1 Å². The average molecular weight is 280 g/mol. The average Bonchev–Trinajstić information content (AvgIpc) is 2.38. The third-order valence-corrected chi connectivity index (χ3v) is 3.74. The van der Waals surface area contributed by atoms with Crippen LogP contribution in [0.25, 0.3) is 0 Å². The zero-order chi connectivity index (χ0) is 14.9. The van der Waals surface area contributed by atoms with Gasteiger partial charge in [-0.3, -0.25) is 9.59 Å². The highest BCUT2D eigenvalue weighted by atomic mass is 19.1. The molecule has 1 aromatic carbocycles. The molecule has 5 nitrogen and oxygen atoms in total. The summed E-state index contributed by atoms with van der Waals surface area (Å²) in [7, 11) is 0. The Morgan fingerprint density at radius 3 is 2.70 bits per heavy atom. The van der Waals surface area contributed by atoms with Crippen LogP contribution in [0.3, 0.4) is 0 Å². The number of carboxylic acids is 1. The van der Waals surface area contributed by atoms with Gasteiger partial charge in [0.05, 0.1) is 11.5 Å². The predicted molar refractivity (Wildman–Crippen MR) is 71.7 cm³/mol. The Bertz CT molecular complexity index is 547. The molecular weight excluding hydrogens is 263 g/mol. The van der Waals surface area contributed by atoms with E-state index in [1.807, 2.05) is 6.92 Å². The van der Waals surface area contributed by atoms with Gasteiger partial charge in [-0.05, 0) is 38.0 Å². The van der Waals surface area contributed by atoms with Gasteiger partial charge in [0, 0.05) is 18.3 Å². The van der Waals surface area contributed by atoms with Crippen molar-refractivity contribution in [3.05, 3.63) is 29.6 Å². The van der Waals surface area contributed by atoms with Gasteiger partial charge in [-0.1, -0.05) is 0 Å². The van der Waals surface area contributed by atoms with Gasteiger partial charge in [-0.2, -0.15) is 0 Å². The molecule has 0 spiro atoms. The summed E-state index contributed by atoms with van der Waals surface area (Å²) in [5.41, 5.74) is 5.95. The van der Waals surface area contributed by atoms with E-state index in [9.17, 15) is 14.0 Å². The third kappa shape index (κ3) is 2.74. The number of likely N-dealkylation sites (tertiary alicyclic amines) is 1. The lowest BCUT2D eigenvalue weighted by Gasteiger charge is -2.36. The van der Waals surface area contributed by atoms with Crippen molar-refractivity contribution in [3.8, 4) is 0 Å². The van der Waals surface area contributed by atoms with Crippen molar-refractivity contribution in [2.45, 2.75) is 25.8 Å². The van der Waals surface area contributed by atoms with Crippen LogP contribution in [-0.2, 0) is 4.79 Å². The number of hydrogen-bond acceptors (Lipinski definition) is 3.